The molecule has 1 saturated heterocycles. The fourth-order valence-electron chi connectivity index (χ4n) is 3.50. The SMILES string of the molecule is CSc1cccc(CN2CCCN(C(=O)c3cc(C)nc(C)c3)CC2)c1. The van der Waals surface area contributed by atoms with E-state index >= 15 is 0 Å². The van der Waals surface area contributed by atoms with Crippen LogP contribution in [0, 0.1) is 13.8 Å². The van der Waals surface area contributed by atoms with Gasteiger partial charge < -0.3 is 4.90 Å². The van der Waals surface area contributed by atoms with Gasteiger partial charge in [0.15, 0.2) is 0 Å². The number of carbonyl (C=O) groups excluding carboxylic acids is 1. The summed E-state index contributed by atoms with van der Waals surface area (Å²) in [5, 5.41) is 0. The minimum Gasteiger partial charge on any atom is -0.337 e. The molecule has 138 valence electrons. The van der Waals surface area contributed by atoms with Gasteiger partial charge in [-0.3, -0.25) is 14.7 Å². The number of hydrogen-bond donors (Lipinski definition) is 0. The van der Waals surface area contributed by atoms with Gasteiger partial charge in [-0.15, -0.1) is 11.8 Å². The van der Waals surface area contributed by atoms with Gasteiger partial charge in [-0.1, -0.05) is 12.1 Å². The molecule has 1 amide bonds. The summed E-state index contributed by atoms with van der Waals surface area (Å²) >= 11 is 1.78. The number of amides is 1. The van der Waals surface area contributed by atoms with Crippen LogP contribution >= 0.6 is 11.8 Å². The molecule has 0 N–H and O–H groups in total. The molecule has 5 heteroatoms. The molecule has 4 nitrogen and oxygen atoms in total. The summed E-state index contributed by atoms with van der Waals surface area (Å²) in [6.45, 7) is 8.37. The summed E-state index contributed by atoms with van der Waals surface area (Å²) in [7, 11) is 0. The average Bonchev–Trinajstić information content (AvgIpc) is 2.86. The Balaban J connectivity index is 1.63. The zero-order chi connectivity index (χ0) is 18.5. The first-order valence-corrected chi connectivity index (χ1v) is 10.4. The number of benzene rings is 1. The van der Waals surface area contributed by atoms with Crippen LogP contribution in [0.5, 0.6) is 0 Å². The smallest absolute Gasteiger partial charge is 0.254 e. The molecule has 2 heterocycles. The topological polar surface area (TPSA) is 36.4 Å². The molecule has 2 aromatic rings. The zero-order valence-electron chi connectivity index (χ0n) is 15.9. The Kier molecular flexibility index (Phi) is 6.33. The summed E-state index contributed by atoms with van der Waals surface area (Å²) in [6.07, 6.45) is 3.12. The lowest BCUT2D eigenvalue weighted by Crippen LogP contribution is -2.35. The molecule has 0 aliphatic carbocycles. The molecule has 0 saturated carbocycles. The van der Waals surface area contributed by atoms with E-state index in [2.05, 4.69) is 40.4 Å². The predicted molar refractivity (Wildman–Crippen MR) is 108 cm³/mol. The Bertz CT molecular complexity index is 757. The van der Waals surface area contributed by atoms with Crippen molar-refractivity contribution in [2.45, 2.75) is 31.7 Å². The molecular weight excluding hydrogens is 342 g/mol. The van der Waals surface area contributed by atoms with Crippen LogP contribution in [-0.4, -0.2) is 53.1 Å². The number of aromatic nitrogens is 1. The van der Waals surface area contributed by atoms with Crippen LogP contribution in [0.15, 0.2) is 41.3 Å². The molecule has 3 rings (SSSR count). The van der Waals surface area contributed by atoms with E-state index in [0.29, 0.717) is 0 Å². The van der Waals surface area contributed by atoms with Crippen LogP contribution in [0.3, 0.4) is 0 Å². The van der Waals surface area contributed by atoms with Crippen LogP contribution < -0.4 is 0 Å². The molecule has 1 aliphatic heterocycles. The van der Waals surface area contributed by atoms with Gasteiger partial charge in [0.2, 0.25) is 0 Å². The fourth-order valence-corrected chi connectivity index (χ4v) is 3.99. The van der Waals surface area contributed by atoms with Crippen molar-refractivity contribution in [1.29, 1.82) is 0 Å². The highest BCUT2D eigenvalue weighted by molar-refractivity contribution is 7.98. The lowest BCUT2D eigenvalue weighted by Gasteiger charge is -2.22. The van der Waals surface area contributed by atoms with Crippen LogP contribution in [0.2, 0.25) is 0 Å². The van der Waals surface area contributed by atoms with Crippen molar-refractivity contribution in [3.05, 3.63) is 58.9 Å². The second-order valence-electron chi connectivity index (χ2n) is 6.91. The molecule has 1 aromatic carbocycles. The van der Waals surface area contributed by atoms with Crippen molar-refractivity contribution in [2.24, 2.45) is 0 Å². The normalized spacial score (nSPS) is 15.7. The first-order valence-electron chi connectivity index (χ1n) is 9.15. The Morgan fingerprint density at radius 1 is 1.08 bits per heavy atom. The molecule has 0 spiro atoms. The van der Waals surface area contributed by atoms with Crippen LogP contribution in [-0.2, 0) is 6.54 Å². The molecule has 0 bridgehead atoms. The van der Waals surface area contributed by atoms with Crippen LogP contribution in [0.25, 0.3) is 0 Å². The lowest BCUT2D eigenvalue weighted by molar-refractivity contribution is 0.0760. The molecule has 26 heavy (non-hydrogen) atoms. The summed E-state index contributed by atoms with van der Waals surface area (Å²) < 4.78 is 0. The van der Waals surface area contributed by atoms with Gasteiger partial charge in [0.05, 0.1) is 0 Å². The quantitative estimate of drug-likeness (QED) is 0.769. The maximum absolute atomic E-state index is 12.9. The van der Waals surface area contributed by atoms with E-state index < -0.39 is 0 Å². The Hall–Kier alpha value is -1.85. The van der Waals surface area contributed by atoms with E-state index in [1.807, 2.05) is 30.9 Å². The predicted octanol–water partition coefficient (Wildman–Crippen LogP) is 3.77. The highest BCUT2D eigenvalue weighted by Crippen LogP contribution is 2.18. The van der Waals surface area contributed by atoms with E-state index in [1.165, 1.54) is 10.5 Å². The third-order valence-corrected chi connectivity index (χ3v) is 5.47. The molecule has 0 radical (unpaired) electrons. The number of pyridine rings is 1. The molecule has 1 fully saturated rings. The first kappa shape index (κ1) is 18.9. The van der Waals surface area contributed by atoms with Crippen molar-refractivity contribution in [1.82, 2.24) is 14.8 Å². The number of carbonyl (C=O) groups is 1. The van der Waals surface area contributed by atoms with E-state index in [4.69, 9.17) is 0 Å². The molecule has 1 aromatic heterocycles. The maximum Gasteiger partial charge on any atom is 0.254 e. The Labute approximate surface area is 160 Å². The number of rotatable bonds is 4. The third kappa shape index (κ3) is 4.86. The van der Waals surface area contributed by atoms with E-state index in [9.17, 15) is 4.79 Å². The van der Waals surface area contributed by atoms with E-state index in [-0.39, 0.29) is 5.91 Å². The van der Waals surface area contributed by atoms with Crippen molar-refractivity contribution >= 4 is 17.7 Å². The summed E-state index contributed by atoms with van der Waals surface area (Å²) in [6, 6.07) is 12.5. The minimum absolute atomic E-state index is 0.129. The molecule has 0 atom stereocenters. The second kappa shape index (κ2) is 8.69. The van der Waals surface area contributed by atoms with Crippen LogP contribution in [0.1, 0.15) is 33.7 Å². The molecular formula is C21H27N3OS. The monoisotopic (exact) mass is 369 g/mol. The summed E-state index contributed by atoms with van der Waals surface area (Å²) in [5.74, 6) is 0.129. The lowest BCUT2D eigenvalue weighted by atomic mass is 10.1. The van der Waals surface area contributed by atoms with E-state index in [1.54, 1.807) is 11.8 Å². The molecule has 0 unspecified atom stereocenters. The third-order valence-electron chi connectivity index (χ3n) is 4.74. The van der Waals surface area contributed by atoms with Crippen molar-refractivity contribution in [2.75, 3.05) is 32.4 Å². The van der Waals surface area contributed by atoms with Gasteiger partial charge in [-0.05, 0) is 56.4 Å². The van der Waals surface area contributed by atoms with Gasteiger partial charge >= 0.3 is 0 Å². The van der Waals surface area contributed by atoms with Gasteiger partial charge in [-0.2, -0.15) is 0 Å². The number of thioether (sulfide) groups is 1. The first-order chi connectivity index (χ1) is 12.5. The Morgan fingerprint density at radius 2 is 1.85 bits per heavy atom. The second-order valence-corrected chi connectivity index (χ2v) is 7.79. The summed E-state index contributed by atoms with van der Waals surface area (Å²) in [5.41, 5.74) is 3.91. The van der Waals surface area contributed by atoms with E-state index in [0.717, 1.165) is 56.1 Å². The summed E-state index contributed by atoms with van der Waals surface area (Å²) in [4.78, 5) is 23.0. The highest BCUT2D eigenvalue weighted by atomic mass is 32.2. The molecule has 1 aliphatic rings. The van der Waals surface area contributed by atoms with Gasteiger partial charge in [0, 0.05) is 54.6 Å². The van der Waals surface area contributed by atoms with Gasteiger partial charge in [0.1, 0.15) is 0 Å². The van der Waals surface area contributed by atoms with Crippen molar-refractivity contribution in [3.8, 4) is 0 Å². The van der Waals surface area contributed by atoms with Crippen LogP contribution in [0.4, 0.5) is 0 Å². The highest BCUT2D eigenvalue weighted by Gasteiger charge is 2.21. The fraction of sp³-hybridized carbons (Fsp3) is 0.429. The maximum atomic E-state index is 12.9. The van der Waals surface area contributed by atoms with Crippen molar-refractivity contribution in [3.63, 3.8) is 0 Å². The largest absolute Gasteiger partial charge is 0.337 e. The number of aryl methyl sites for hydroxylation is 2. The number of nitrogens with zero attached hydrogens (tertiary/aromatic N) is 3. The zero-order valence-corrected chi connectivity index (χ0v) is 16.7. The van der Waals surface area contributed by atoms with Gasteiger partial charge in [-0.25, -0.2) is 0 Å². The number of hydrogen-bond acceptors (Lipinski definition) is 4. The standard InChI is InChI=1S/C21H27N3OS/c1-16-12-19(13-17(2)22-16)21(25)24-9-5-8-23(10-11-24)15-18-6-4-7-20(14-18)26-3/h4,6-7,12-14H,5,8-11,15H2,1-3H3. The minimum atomic E-state index is 0.129. The van der Waals surface area contributed by atoms with Gasteiger partial charge in [0.25, 0.3) is 5.91 Å². The Morgan fingerprint density at radius 3 is 2.58 bits per heavy atom. The average molecular weight is 370 g/mol. The van der Waals surface area contributed by atoms with Crippen molar-refractivity contribution < 1.29 is 4.79 Å².